The topological polar surface area (TPSA) is 0 Å². The van der Waals surface area contributed by atoms with Gasteiger partial charge in [-0.2, -0.15) is 0 Å². The van der Waals surface area contributed by atoms with Crippen LogP contribution >= 0.6 is 0 Å². The summed E-state index contributed by atoms with van der Waals surface area (Å²) in [6, 6.07) is 0. The second kappa shape index (κ2) is 7.50. The van der Waals surface area contributed by atoms with Crippen LogP contribution in [0.2, 0.25) is 0 Å². The Morgan fingerprint density at radius 1 is 0.933 bits per heavy atom. The monoisotopic (exact) mass is 206 g/mol. The van der Waals surface area contributed by atoms with Gasteiger partial charge in [0.05, 0.1) is 0 Å². The first kappa shape index (κ1) is 14.2. The van der Waals surface area contributed by atoms with Gasteiger partial charge in [-0.1, -0.05) is 42.2 Å². The van der Waals surface area contributed by atoms with Crippen molar-refractivity contribution in [1.29, 1.82) is 0 Å². The Morgan fingerprint density at radius 3 is 1.93 bits per heavy atom. The first-order chi connectivity index (χ1) is 7.06. The summed E-state index contributed by atoms with van der Waals surface area (Å²) in [6.07, 6.45) is 8.02. The molecule has 0 saturated carbocycles. The van der Waals surface area contributed by atoms with Gasteiger partial charge in [-0.15, -0.1) is 0 Å². The second-order valence-corrected chi connectivity index (χ2v) is 4.27. The highest BCUT2D eigenvalue weighted by atomic mass is 14.1. The lowest BCUT2D eigenvalue weighted by molar-refractivity contribution is 0.877. The maximum atomic E-state index is 2.26. The van der Waals surface area contributed by atoms with E-state index in [1.807, 2.05) is 0 Å². The molecule has 0 aromatic heterocycles. The molecule has 0 rings (SSSR count). The van der Waals surface area contributed by atoms with Crippen molar-refractivity contribution in [1.82, 2.24) is 0 Å². The molecule has 86 valence electrons. The maximum absolute atomic E-state index is 2.26. The molecule has 0 fully saturated rings. The summed E-state index contributed by atoms with van der Waals surface area (Å²) in [7, 11) is 0. The summed E-state index contributed by atoms with van der Waals surface area (Å²) in [4.78, 5) is 0. The van der Waals surface area contributed by atoms with Crippen molar-refractivity contribution >= 4 is 0 Å². The molecule has 0 aliphatic rings. The van der Waals surface area contributed by atoms with E-state index in [2.05, 4.69) is 53.7 Å². The normalized spacial score (nSPS) is 15.3. The Hall–Kier alpha value is -0.780. The van der Waals surface area contributed by atoms with E-state index in [1.54, 1.807) is 5.57 Å². The number of hydrogen-bond acceptors (Lipinski definition) is 0. The van der Waals surface area contributed by atoms with Crippen molar-refractivity contribution in [2.24, 2.45) is 0 Å². The molecular weight excluding hydrogens is 180 g/mol. The zero-order chi connectivity index (χ0) is 11.8. The van der Waals surface area contributed by atoms with Crippen molar-refractivity contribution in [2.45, 2.75) is 60.8 Å². The van der Waals surface area contributed by atoms with Gasteiger partial charge >= 0.3 is 0 Å². The summed E-state index contributed by atoms with van der Waals surface area (Å²) in [5, 5.41) is 0. The Bertz CT molecular complexity index is 274. The van der Waals surface area contributed by atoms with Gasteiger partial charge in [0, 0.05) is 0 Å². The molecule has 0 atom stereocenters. The molecule has 0 amide bonds. The van der Waals surface area contributed by atoms with Gasteiger partial charge in [0.1, 0.15) is 0 Å². The van der Waals surface area contributed by atoms with Gasteiger partial charge in [0.25, 0.3) is 0 Å². The van der Waals surface area contributed by atoms with Crippen LogP contribution in [0.4, 0.5) is 0 Å². The quantitative estimate of drug-likeness (QED) is 0.416. The standard InChI is InChI=1S/C15H26/c1-7-10-13(5)14(6)11-15(9-3)12(4)8-2/h8-9H,7,10-11H2,1-6H3. The highest BCUT2D eigenvalue weighted by Crippen LogP contribution is 2.22. The summed E-state index contributed by atoms with van der Waals surface area (Å²) >= 11 is 0. The number of hydrogen-bond donors (Lipinski definition) is 0. The molecule has 0 aliphatic carbocycles. The first-order valence-electron chi connectivity index (χ1n) is 6.00. The molecule has 0 bridgehead atoms. The Labute approximate surface area is 95.8 Å². The van der Waals surface area contributed by atoms with Crippen LogP contribution in [-0.2, 0) is 0 Å². The van der Waals surface area contributed by atoms with Crippen molar-refractivity contribution in [2.75, 3.05) is 0 Å². The van der Waals surface area contributed by atoms with Crippen molar-refractivity contribution in [3.63, 3.8) is 0 Å². The zero-order valence-corrected chi connectivity index (χ0v) is 11.3. The van der Waals surface area contributed by atoms with Crippen LogP contribution in [0.3, 0.4) is 0 Å². The van der Waals surface area contributed by atoms with E-state index in [-0.39, 0.29) is 0 Å². The van der Waals surface area contributed by atoms with Gasteiger partial charge in [-0.05, 0) is 53.0 Å². The first-order valence-corrected chi connectivity index (χ1v) is 6.00. The van der Waals surface area contributed by atoms with E-state index in [0.29, 0.717) is 0 Å². The van der Waals surface area contributed by atoms with Crippen LogP contribution in [-0.4, -0.2) is 0 Å². The van der Waals surface area contributed by atoms with Crippen LogP contribution in [0.5, 0.6) is 0 Å². The minimum atomic E-state index is 1.11. The summed E-state index contributed by atoms with van der Waals surface area (Å²) in [5.74, 6) is 0. The fourth-order valence-electron chi connectivity index (χ4n) is 1.68. The highest BCUT2D eigenvalue weighted by molar-refractivity contribution is 5.33. The van der Waals surface area contributed by atoms with E-state index in [0.717, 1.165) is 6.42 Å². The minimum absolute atomic E-state index is 1.11. The smallest absolute Gasteiger partial charge is 0.00681 e. The zero-order valence-electron chi connectivity index (χ0n) is 11.3. The number of rotatable bonds is 5. The molecule has 0 aromatic rings. The van der Waals surface area contributed by atoms with Crippen LogP contribution in [0.15, 0.2) is 34.4 Å². The van der Waals surface area contributed by atoms with E-state index in [1.165, 1.54) is 29.6 Å². The highest BCUT2D eigenvalue weighted by Gasteiger charge is 2.02. The molecule has 0 heteroatoms. The Balaban J connectivity index is 4.65. The fraction of sp³-hybridized carbons (Fsp3) is 0.600. The number of allylic oxidation sites excluding steroid dienone is 6. The van der Waals surface area contributed by atoms with Crippen molar-refractivity contribution < 1.29 is 0 Å². The largest absolute Gasteiger partial charge is 0.0844 e. The predicted molar refractivity (Wildman–Crippen MR) is 71.1 cm³/mol. The molecule has 0 unspecified atom stereocenters. The molecule has 0 heterocycles. The molecule has 0 spiro atoms. The van der Waals surface area contributed by atoms with Gasteiger partial charge < -0.3 is 0 Å². The third kappa shape index (κ3) is 5.01. The van der Waals surface area contributed by atoms with Crippen LogP contribution < -0.4 is 0 Å². The van der Waals surface area contributed by atoms with Gasteiger partial charge in [0.15, 0.2) is 0 Å². The SMILES string of the molecule is CC=C(C)C(=CC)CC(C)=C(C)CCC. The van der Waals surface area contributed by atoms with E-state index in [9.17, 15) is 0 Å². The van der Waals surface area contributed by atoms with Crippen molar-refractivity contribution in [3.05, 3.63) is 34.4 Å². The molecule has 0 nitrogen and oxygen atoms in total. The molecule has 0 aromatic carbocycles. The lowest BCUT2D eigenvalue weighted by Gasteiger charge is -2.11. The molecule has 0 aliphatic heterocycles. The summed E-state index contributed by atoms with van der Waals surface area (Å²) in [6.45, 7) is 13.2. The predicted octanol–water partition coefficient (Wildman–Crippen LogP) is 5.43. The van der Waals surface area contributed by atoms with Crippen LogP contribution in [0.1, 0.15) is 60.8 Å². The van der Waals surface area contributed by atoms with Gasteiger partial charge in [0.2, 0.25) is 0 Å². The average molecular weight is 206 g/mol. The minimum Gasteiger partial charge on any atom is -0.0844 e. The second-order valence-electron chi connectivity index (χ2n) is 4.27. The van der Waals surface area contributed by atoms with Gasteiger partial charge in [-0.3, -0.25) is 0 Å². The molecule has 0 N–H and O–H groups in total. The Kier molecular flexibility index (Phi) is 7.11. The molecule has 0 saturated heterocycles. The van der Waals surface area contributed by atoms with E-state index < -0.39 is 0 Å². The third-order valence-electron chi connectivity index (χ3n) is 3.10. The Morgan fingerprint density at radius 2 is 1.53 bits per heavy atom. The molecule has 15 heavy (non-hydrogen) atoms. The third-order valence-corrected chi connectivity index (χ3v) is 3.10. The summed E-state index contributed by atoms with van der Waals surface area (Å²) in [5.41, 5.74) is 5.96. The van der Waals surface area contributed by atoms with Crippen LogP contribution in [0.25, 0.3) is 0 Å². The van der Waals surface area contributed by atoms with E-state index in [4.69, 9.17) is 0 Å². The van der Waals surface area contributed by atoms with Gasteiger partial charge in [-0.25, -0.2) is 0 Å². The molecular formula is C15H26. The van der Waals surface area contributed by atoms with Crippen molar-refractivity contribution in [3.8, 4) is 0 Å². The molecule has 0 radical (unpaired) electrons. The van der Waals surface area contributed by atoms with E-state index >= 15 is 0 Å². The van der Waals surface area contributed by atoms with Crippen LogP contribution in [0, 0.1) is 0 Å². The lowest BCUT2D eigenvalue weighted by atomic mass is 9.95. The lowest BCUT2D eigenvalue weighted by Crippen LogP contribution is -1.91. The summed E-state index contributed by atoms with van der Waals surface area (Å²) < 4.78 is 0. The maximum Gasteiger partial charge on any atom is -0.00681 e. The average Bonchev–Trinajstić information content (AvgIpc) is 2.24. The fourth-order valence-corrected chi connectivity index (χ4v) is 1.68.